The molecule has 1 N–H and O–H groups in total. The molecule has 0 aromatic rings. The van der Waals surface area contributed by atoms with Gasteiger partial charge in [-0.2, -0.15) is 0 Å². The molecule has 0 aliphatic carbocycles. The second-order valence-corrected chi connectivity index (χ2v) is 6.44. The molecule has 0 spiro atoms. The summed E-state index contributed by atoms with van der Waals surface area (Å²) in [7, 11) is 0. The largest absolute Gasteiger partial charge is 0.380 e. The van der Waals surface area contributed by atoms with Crippen LogP contribution in [0.15, 0.2) is 12.7 Å². The highest BCUT2D eigenvalue weighted by Gasteiger charge is 2.64. The first-order chi connectivity index (χ1) is 9.17. The van der Waals surface area contributed by atoms with Crippen LogP contribution in [-0.4, -0.2) is 53.5 Å². The first-order valence-electron chi connectivity index (χ1n) is 6.86. The Hall–Kier alpha value is -0.500. The molecule has 1 unspecified atom stereocenters. The van der Waals surface area contributed by atoms with E-state index in [1.54, 1.807) is 13.8 Å². The number of rotatable bonds is 2. The molecule has 3 aliphatic heterocycles. The van der Waals surface area contributed by atoms with Crippen LogP contribution in [-0.2, 0) is 23.7 Å². The van der Waals surface area contributed by atoms with Gasteiger partial charge in [-0.25, -0.2) is 0 Å². The molecule has 3 heterocycles. The van der Waals surface area contributed by atoms with Crippen molar-refractivity contribution in [2.75, 3.05) is 6.61 Å². The minimum Gasteiger partial charge on any atom is -0.380 e. The SMILES string of the molecule is C=C[C@@]1(O)[C@@H](C2COC(C)(C)O2)O[C@@H]2OC(C)(C)O[C@@H]21. The molecule has 114 valence electrons. The lowest BCUT2D eigenvalue weighted by Gasteiger charge is -2.33. The average molecular weight is 286 g/mol. The van der Waals surface area contributed by atoms with Gasteiger partial charge in [0.25, 0.3) is 0 Å². The van der Waals surface area contributed by atoms with Gasteiger partial charge < -0.3 is 28.8 Å². The Morgan fingerprint density at radius 2 is 1.75 bits per heavy atom. The Labute approximate surface area is 118 Å². The number of hydrogen-bond donors (Lipinski definition) is 1. The van der Waals surface area contributed by atoms with E-state index in [1.165, 1.54) is 6.08 Å². The molecule has 5 atom stereocenters. The molecule has 6 heteroatoms. The molecule has 0 aromatic carbocycles. The zero-order valence-electron chi connectivity index (χ0n) is 12.3. The van der Waals surface area contributed by atoms with Crippen LogP contribution in [0.3, 0.4) is 0 Å². The molecular weight excluding hydrogens is 264 g/mol. The maximum absolute atomic E-state index is 10.9. The van der Waals surface area contributed by atoms with E-state index in [2.05, 4.69) is 6.58 Å². The van der Waals surface area contributed by atoms with Crippen LogP contribution >= 0.6 is 0 Å². The summed E-state index contributed by atoms with van der Waals surface area (Å²) in [6.07, 6.45) is -0.832. The number of hydrogen-bond acceptors (Lipinski definition) is 6. The molecule has 0 aromatic heterocycles. The van der Waals surface area contributed by atoms with Crippen LogP contribution in [0.4, 0.5) is 0 Å². The Kier molecular flexibility index (Phi) is 3.07. The summed E-state index contributed by atoms with van der Waals surface area (Å²) in [4.78, 5) is 0. The predicted molar refractivity (Wildman–Crippen MR) is 68.7 cm³/mol. The van der Waals surface area contributed by atoms with Crippen molar-refractivity contribution in [3.8, 4) is 0 Å². The Bertz CT molecular complexity index is 420. The Balaban J connectivity index is 1.83. The molecule has 0 amide bonds. The van der Waals surface area contributed by atoms with Gasteiger partial charge in [-0.3, -0.25) is 0 Å². The van der Waals surface area contributed by atoms with Gasteiger partial charge in [-0.05, 0) is 27.7 Å². The molecule has 0 radical (unpaired) electrons. The summed E-state index contributed by atoms with van der Waals surface area (Å²) in [5, 5.41) is 10.9. The van der Waals surface area contributed by atoms with E-state index in [0.717, 1.165) is 0 Å². The van der Waals surface area contributed by atoms with E-state index in [-0.39, 0.29) is 0 Å². The average Bonchev–Trinajstić information content (AvgIpc) is 2.91. The zero-order chi connectivity index (χ0) is 14.8. The lowest BCUT2D eigenvalue weighted by Crippen LogP contribution is -2.52. The lowest BCUT2D eigenvalue weighted by atomic mass is 9.89. The van der Waals surface area contributed by atoms with Crippen molar-refractivity contribution in [3.63, 3.8) is 0 Å². The van der Waals surface area contributed by atoms with E-state index in [9.17, 15) is 5.11 Å². The summed E-state index contributed by atoms with van der Waals surface area (Å²) >= 11 is 0. The standard InChI is InChI=1S/C14H22O6/c1-6-14(15)9(8-7-16-12(2,3)18-8)17-11-10(14)19-13(4,5)20-11/h6,8-11,15H,1,7H2,2-5H3/t8?,9-,10+,11-,14-/m1/s1. The molecule has 3 saturated heterocycles. The summed E-state index contributed by atoms with van der Waals surface area (Å²) < 4.78 is 28.6. The second-order valence-electron chi connectivity index (χ2n) is 6.44. The summed E-state index contributed by atoms with van der Waals surface area (Å²) in [6, 6.07) is 0. The second kappa shape index (κ2) is 4.25. The van der Waals surface area contributed by atoms with Crippen molar-refractivity contribution in [3.05, 3.63) is 12.7 Å². The van der Waals surface area contributed by atoms with Gasteiger partial charge in [0.2, 0.25) is 0 Å². The van der Waals surface area contributed by atoms with Crippen molar-refractivity contribution in [1.29, 1.82) is 0 Å². The maximum Gasteiger partial charge on any atom is 0.191 e. The molecule has 20 heavy (non-hydrogen) atoms. The van der Waals surface area contributed by atoms with Crippen molar-refractivity contribution in [2.45, 2.75) is 69.5 Å². The number of ether oxygens (including phenoxy) is 5. The molecule has 0 bridgehead atoms. The molecule has 6 nitrogen and oxygen atoms in total. The fraction of sp³-hybridized carbons (Fsp3) is 0.857. The number of fused-ring (bicyclic) bond motifs is 1. The van der Waals surface area contributed by atoms with Crippen LogP contribution in [0.25, 0.3) is 0 Å². The summed E-state index contributed by atoms with van der Waals surface area (Å²) in [6.45, 7) is 11.3. The molecule has 3 rings (SSSR count). The number of aliphatic hydroxyl groups is 1. The molecule has 0 saturated carbocycles. The normalized spacial score (nSPS) is 49.2. The Morgan fingerprint density at radius 1 is 1.05 bits per heavy atom. The van der Waals surface area contributed by atoms with Gasteiger partial charge in [0.1, 0.15) is 23.9 Å². The van der Waals surface area contributed by atoms with Crippen molar-refractivity contribution >= 4 is 0 Å². The van der Waals surface area contributed by atoms with E-state index < -0.39 is 41.8 Å². The van der Waals surface area contributed by atoms with Crippen LogP contribution in [0.2, 0.25) is 0 Å². The van der Waals surface area contributed by atoms with Crippen LogP contribution in [0, 0.1) is 0 Å². The van der Waals surface area contributed by atoms with Crippen LogP contribution in [0.1, 0.15) is 27.7 Å². The van der Waals surface area contributed by atoms with Crippen molar-refractivity contribution < 1.29 is 28.8 Å². The van der Waals surface area contributed by atoms with Crippen molar-refractivity contribution in [2.24, 2.45) is 0 Å². The van der Waals surface area contributed by atoms with E-state index in [4.69, 9.17) is 23.7 Å². The lowest BCUT2D eigenvalue weighted by molar-refractivity contribution is -0.241. The minimum atomic E-state index is -1.37. The monoisotopic (exact) mass is 286 g/mol. The molecule has 3 fully saturated rings. The fourth-order valence-electron chi connectivity index (χ4n) is 3.04. The van der Waals surface area contributed by atoms with Gasteiger partial charge in [-0.15, -0.1) is 6.58 Å². The van der Waals surface area contributed by atoms with Gasteiger partial charge in [0.05, 0.1) is 6.61 Å². The van der Waals surface area contributed by atoms with Crippen LogP contribution < -0.4 is 0 Å². The summed E-state index contributed by atoms with van der Waals surface area (Å²) in [5.41, 5.74) is -1.37. The van der Waals surface area contributed by atoms with Gasteiger partial charge in [-0.1, -0.05) is 6.08 Å². The molecule has 3 aliphatic rings. The third-order valence-corrected chi connectivity index (χ3v) is 3.95. The quantitative estimate of drug-likeness (QED) is 0.762. The fourth-order valence-corrected chi connectivity index (χ4v) is 3.04. The Morgan fingerprint density at radius 3 is 2.30 bits per heavy atom. The highest BCUT2D eigenvalue weighted by molar-refractivity contribution is 5.16. The van der Waals surface area contributed by atoms with Crippen LogP contribution in [0.5, 0.6) is 0 Å². The summed E-state index contributed by atoms with van der Waals surface area (Å²) in [5.74, 6) is -1.47. The van der Waals surface area contributed by atoms with Gasteiger partial charge in [0.15, 0.2) is 17.9 Å². The maximum atomic E-state index is 10.9. The van der Waals surface area contributed by atoms with E-state index >= 15 is 0 Å². The van der Waals surface area contributed by atoms with Gasteiger partial charge >= 0.3 is 0 Å². The smallest absolute Gasteiger partial charge is 0.191 e. The first kappa shape index (κ1) is 14.4. The van der Waals surface area contributed by atoms with E-state index in [1.807, 2.05) is 13.8 Å². The van der Waals surface area contributed by atoms with Gasteiger partial charge in [0, 0.05) is 0 Å². The zero-order valence-corrected chi connectivity index (χ0v) is 12.3. The minimum absolute atomic E-state index is 0.344. The first-order valence-corrected chi connectivity index (χ1v) is 6.86. The van der Waals surface area contributed by atoms with Crippen molar-refractivity contribution in [1.82, 2.24) is 0 Å². The highest BCUT2D eigenvalue weighted by Crippen LogP contribution is 2.46. The highest BCUT2D eigenvalue weighted by atomic mass is 16.8. The topological polar surface area (TPSA) is 66.4 Å². The molecular formula is C14H22O6. The third kappa shape index (κ3) is 2.11. The van der Waals surface area contributed by atoms with E-state index in [0.29, 0.717) is 6.61 Å². The third-order valence-electron chi connectivity index (χ3n) is 3.95. The predicted octanol–water partition coefficient (Wildman–Crippen LogP) is 0.931.